The number of rotatable bonds is 1. The van der Waals surface area contributed by atoms with Crippen LogP contribution in [0.4, 0.5) is 0 Å². The summed E-state index contributed by atoms with van der Waals surface area (Å²) in [5.74, 6) is 0.220. The van der Waals surface area contributed by atoms with Crippen molar-refractivity contribution in [1.82, 2.24) is 9.36 Å². The monoisotopic (exact) mass is 226 g/mol. The van der Waals surface area contributed by atoms with Crippen LogP contribution < -0.4 is 0 Å². The molecule has 0 bridgehead atoms. The van der Waals surface area contributed by atoms with Gasteiger partial charge in [0, 0.05) is 11.6 Å². The Hall–Kier alpha value is -2.36. The van der Waals surface area contributed by atoms with Crippen molar-refractivity contribution in [2.45, 2.75) is 6.17 Å². The average Bonchev–Trinajstić information content (AvgIpc) is 2.94. The molecule has 1 aliphatic heterocycles. The second-order valence-electron chi connectivity index (χ2n) is 4.29. The summed E-state index contributed by atoms with van der Waals surface area (Å²) in [5, 5.41) is 19.1. The first kappa shape index (κ1) is 8.75. The first-order valence-electron chi connectivity index (χ1n) is 5.46. The van der Waals surface area contributed by atoms with Crippen LogP contribution in [-0.2, 0) is 0 Å². The maximum atomic E-state index is 9.83. The second-order valence-corrected chi connectivity index (χ2v) is 4.29. The highest BCUT2D eigenvalue weighted by atomic mass is 16.3. The summed E-state index contributed by atoms with van der Waals surface area (Å²) >= 11 is 0. The number of aromatic nitrogens is 2. The van der Waals surface area contributed by atoms with Gasteiger partial charge < -0.3 is 10.2 Å². The van der Waals surface area contributed by atoms with Gasteiger partial charge >= 0.3 is 0 Å². The third kappa shape index (κ3) is 0.970. The highest BCUT2D eigenvalue weighted by molar-refractivity contribution is 5.82. The van der Waals surface area contributed by atoms with Crippen molar-refractivity contribution in [2.24, 2.45) is 0 Å². The molecule has 2 N–H and O–H groups in total. The highest BCUT2D eigenvalue weighted by Gasteiger charge is 2.40. The van der Waals surface area contributed by atoms with E-state index in [-0.39, 0.29) is 17.7 Å². The van der Waals surface area contributed by atoms with E-state index in [4.69, 9.17) is 0 Å². The molecular weight excluding hydrogens is 216 g/mol. The number of fused-ring (bicyclic) bond motifs is 4. The van der Waals surface area contributed by atoms with E-state index < -0.39 is 0 Å². The van der Waals surface area contributed by atoms with Crippen molar-refractivity contribution in [2.75, 3.05) is 0 Å². The minimum absolute atomic E-state index is 0.0769. The van der Waals surface area contributed by atoms with Crippen LogP contribution >= 0.6 is 0 Å². The van der Waals surface area contributed by atoms with Gasteiger partial charge in [-0.3, -0.25) is 9.36 Å². The molecule has 1 aliphatic rings. The highest BCUT2D eigenvalue weighted by Crippen LogP contribution is 2.46. The van der Waals surface area contributed by atoms with Crippen LogP contribution in [0.5, 0.6) is 11.5 Å². The summed E-state index contributed by atoms with van der Waals surface area (Å²) in [6.07, 6.45) is 0.0769. The number of nitrogens with zero attached hydrogens (tertiary/aromatic N) is 2. The van der Waals surface area contributed by atoms with E-state index in [0.29, 0.717) is 0 Å². The predicted molar refractivity (Wildman–Crippen MR) is 63.2 cm³/mol. The number of aromatic hydroxyl groups is 2. The lowest BCUT2D eigenvalue weighted by Gasteiger charge is -2.00. The van der Waals surface area contributed by atoms with Crippen molar-refractivity contribution in [3.05, 3.63) is 48.0 Å². The molecule has 4 heteroatoms. The number of phenols is 2. The van der Waals surface area contributed by atoms with Crippen LogP contribution in [0.15, 0.2) is 42.5 Å². The van der Waals surface area contributed by atoms with E-state index in [2.05, 4.69) is 21.5 Å². The molecule has 4 nitrogen and oxygen atoms in total. The molecule has 0 unspecified atom stereocenters. The van der Waals surface area contributed by atoms with Crippen molar-refractivity contribution in [3.8, 4) is 11.5 Å². The van der Waals surface area contributed by atoms with E-state index in [1.54, 1.807) is 12.1 Å². The Morgan fingerprint density at radius 1 is 0.882 bits per heavy atom. The molecule has 2 heterocycles. The van der Waals surface area contributed by atoms with E-state index in [1.807, 2.05) is 12.1 Å². The molecule has 0 saturated carbocycles. The largest absolute Gasteiger partial charge is 0.508 e. The van der Waals surface area contributed by atoms with Gasteiger partial charge in [0.2, 0.25) is 0 Å². The summed E-state index contributed by atoms with van der Waals surface area (Å²) in [6.45, 7) is 0. The molecule has 84 valence electrons. The minimum atomic E-state index is 0.0769. The lowest BCUT2D eigenvalue weighted by atomic mass is 10.1. The average molecular weight is 226 g/mol. The number of hydrogen-bond donors (Lipinski definition) is 2. The SMILES string of the molecule is Oc1ccc(C2n3c4ccccc4n32)c(O)c1. The minimum Gasteiger partial charge on any atom is -0.508 e. The van der Waals surface area contributed by atoms with Crippen LogP contribution in [0.3, 0.4) is 0 Å². The molecule has 0 spiro atoms. The standard InChI is InChI=1S/C13H10N2O2/c16-8-5-6-9(12(17)7-8)13-14-10-3-1-2-4-11(10)15(13)14/h1-7,13,16-17H. The van der Waals surface area contributed by atoms with E-state index in [1.165, 1.54) is 17.1 Å². The second kappa shape index (κ2) is 2.66. The van der Waals surface area contributed by atoms with Crippen LogP contribution in [-0.4, -0.2) is 19.6 Å². The van der Waals surface area contributed by atoms with Crippen molar-refractivity contribution in [1.29, 1.82) is 0 Å². The van der Waals surface area contributed by atoms with Gasteiger partial charge in [-0.05, 0) is 24.3 Å². The number of hydrogen-bond acceptors (Lipinski definition) is 2. The summed E-state index contributed by atoms with van der Waals surface area (Å²) in [5.41, 5.74) is 3.19. The number of benzene rings is 2. The van der Waals surface area contributed by atoms with Gasteiger partial charge in [0.25, 0.3) is 0 Å². The van der Waals surface area contributed by atoms with Gasteiger partial charge in [-0.15, -0.1) is 0 Å². The Balaban J connectivity index is 1.84. The van der Waals surface area contributed by atoms with Gasteiger partial charge in [-0.2, -0.15) is 0 Å². The van der Waals surface area contributed by atoms with Crippen LogP contribution in [0, 0.1) is 0 Å². The fourth-order valence-corrected chi connectivity index (χ4v) is 2.49. The lowest BCUT2D eigenvalue weighted by Crippen LogP contribution is -1.87. The quantitative estimate of drug-likeness (QED) is 0.523. The molecule has 1 aromatic heterocycles. The lowest BCUT2D eigenvalue weighted by molar-refractivity contribution is 0.445. The summed E-state index contributed by atoms with van der Waals surface area (Å²) < 4.78 is 4.23. The van der Waals surface area contributed by atoms with E-state index >= 15 is 0 Å². The Morgan fingerprint density at radius 2 is 1.53 bits per heavy atom. The fraction of sp³-hybridized carbons (Fsp3) is 0.0769. The van der Waals surface area contributed by atoms with Crippen molar-refractivity contribution < 1.29 is 10.2 Å². The molecule has 0 aliphatic carbocycles. The summed E-state index contributed by atoms with van der Waals surface area (Å²) in [7, 11) is 0. The predicted octanol–water partition coefficient (Wildman–Crippen LogP) is 2.26. The molecular formula is C13H10N2O2. The fourth-order valence-electron chi connectivity index (χ4n) is 2.49. The maximum Gasteiger partial charge on any atom is 0.170 e. The first-order valence-corrected chi connectivity index (χ1v) is 5.46. The Bertz CT molecular complexity index is 702. The van der Waals surface area contributed by atoms with Gasteiger partial charge in [0.1, 0.15) is 11.5 Å². The molecule has 3 aromatic rings. The summed E-state index contributed by atoms with van der Waals surface area (Å²) in [6, 6.07) is 12.9. The molecule has 0 amide bonds. The van der Waals surface area contributed by atoms with Gasteiger partial charge in [-0.1, -0.05) is 12.1 Å². The number of phenolic OH excluding ortho intramolecular Hbond substituents is 2. The van der Waals surface area contributed by atoms with Crippen LogP contribution in [0.2, 0.25) is 0 Å². The zero-order valence-corrected chi connectivity index (χ0v) is 8.91. The van der Waals surface area contributed by atoms with E-state index in [9.17, 15) is 10.2 Å². The van der Waals surface area contributed by atoms with Crippen LogP contribution in [0.25, 0.3) is 11.0 Å². The normalized spacial score (nSPS) is 14.1. The zero-order chi connectivity index (χ0) is 11.6. The molecule has 2 aromatic carbocycles. The molecule has 0 saturated heterocycles. The first-order chi connectivity index (χ1) is 8.27. The Labute approximate surface area is 96.9 Å². The van der Waals surface area contributed by atoms with Gasteiger partial charge in [0.15, 0.2) is 6.17 Å². The van der Waals surface area contributed by atoms with Crippen molar-refractivity contribution in [3.63, 3.8) is 0 Å². The smallest absolute Gasteiger partial charge is 0.170 e. The third-order valence-electron chi connectivity index (χ3n) is 3.31. The van der Waals surface area contributed by atoms with Crippen molar-refractivity contribution >= 4 is 11.0 Å². The maximum absolute atomic E-state index is 9.83. The molecule has 0 radical (unpaired) electrons. The Kier molecular flexibility index (Phi) is 1.37. The summed E-state index contributed by atoms with van der Waals surface area (Å²) in [4.78, 5) is 0. The zero-order valence-electron chi connectivity index (χ0n) is 8.91. The number of para-hydroxylation sites is 2. The molecule has 17 heavy (non-hydrogen) atoms. The topological polar surface area (TPSA) is 50.3 Å². The Morgan fingerprint density at radius 3 is 2.12 bits per heavy atom. The van der Waals surface area contributed by atoms with Gasteiger partial charge in [-0.25, -0.2) is 0 Å². The van der Waals surface area contributed by atoms with Crippen LogP contribution in [0.1, 0.15) is 11.7 Å². The molecule has 4 rings (SSSR count). The third-order valence-corrected chi connectivity index (χ3v) is 3.31. The molecule has 0 fully saturated rings. The molecule has 0 atom stereocenters. The van der Waals surface area contributed by atoms with E-state index in [0.717, 1.165) is 5.56 Å². The van der Waals surface area contributed by atoms with Gasteiger partial charge in [0.05, 0.1) is 11.0 Å².